The maximum absolute atomic E-state index is 11.8. The van der Waals surface area contributed by atoms with E-state index in [4.69, 9.17) is 5.11 Å². The van der Waals surface area contributed by atoms with Crippen LogP contribution in [0.5, 0.6) is 0 Å². The Hall–Kier alpha value is -1.79. The zero-order chi connectivity index (χ0) is 15.3. The van der Waals surface area contributed by atoms with Crippen LogP contribution in [-0.2, 0) is 9.59 Å². The maximum atomic E-state index is 11.8. The highest BCUT2D eigenvalue weighted by Gasteiger charge is 2.40. The molecule has 0 aromatic carbocycles. The van der Waals surface area contributed by atoms with Crippen molar-refractivity contribution in [1.82, 2.24) is 15.5 Å². The summed E-state index contributed by atoms with van der Waals surface area (Å²) in [6.45, 7) is 1.91. The van der Waals surface area contributed by atoms with Crippen LogP contribution < -0.4 is 10.6 Å². The Bertz CT molecular complexity index is 414. The van der Waals surface area contributed by atoms with Crippen LogP contribution in [0.1, 0.15) is 44.9 Å². The molecule has 2 fully saturated rings. The number of nitrogens with zero attached hydrogens (tertiary/aromatic N) is 1. The number of hydrogen-bond acceptors (Lipinski definition) is 3. The van der Waals surface area contributed by atoms with Crippen LogP contribution in [0.2, 0.25) is 0 Å². The second kappa shape index (κ2) is 6.78. The Balaban J connectivity index is 1.67. The van der Waals surface area contributed by atoms with E-state index in [0.29, 0.717) is 19.3 Å². The minimum Gasteiger partial charge on any atom is -0.481 e. The highest BCUT2D eigenvalue weighted by Crippen LogP contribution is 2.34. The van der Waals surface area contributed by atoms with E-state index in [2.05, 4.69) is 10.6 Å². The lowest BCUT2D eigenvalue weighted by Crippen LogP contribution is -2.57. The van der Waals surface area contributed by atoms with Crippen molar-refractivity contribution in [2.45, 2.75) is 50.5 Å². The van der Waals surface area contributed by atoms with Gasteiger partial charge in [0, 0.05) is 26.1 Å². The summed E-state index contributed by atoms with van der Waals surface area (Å²) < 4.78 is 0. The van der Waals surface area contributed by atoms with Gasteiger partial charge in [-0.15, -0.1) is 0 Å². The molecular formula is C14H23N3O4. The molecule has 0 atom stereocenters. The van der Waals surface area contributed by atoms with Gasteiger partial charge in [0.15, 0.2) is 0 Å². The second-order valence-corrected chi connectivity index (χ2v) is 5.92. The zero-order valence-electron chi connectivity index (χ0n) is 12.2. The number of aliphatic carboxylic acids is 1. The Kier molecular flexibility index (Phi) is 5.03. The van der Waals surface area contributed by atoms with Crippen molar-refractivity contribution in [2.75, 3.05) is 19.6 Å². The lowest BCUT2D eigenvalue weighted by Gasteiger charge is -2.41. The van der Waals surface area contributed by atoms with Crippen LogP contribution >= 0.6 is 0 Å². The molecule has 0 spiro atoms. The number of carbonyl (C=O) groups is 3. The molecule has 7 heteroatoms. The Morgan fingerprint density at radius 1 is 1.10 bits per heavy atom. The van der Waals surface area contributed by atoms with E-state index in [1.54, 1.807) is 0 Å². The summed E-state index contributed by atoms with van der Waals surface area (Å²) in [5.74, 6) is -0.837. The predicted octanol–water partition coefficient (Wildman–Crippen LogP) is 0.695. The first kappa shape index (κ1) is 15.6. The first-order chi connectivity index (χ1) is 10.0. The van der Waals surface area contributed by atoms with Gasteiger partial charge in [-0.3, -0.25) is 9.59 Å². The number of hydrogen-bond donors (Lipinski definition) is 3. The van der Waals surface area contributed by atoms with Crippen molar-refractivity contribution in [2.24, 2.45) is 0 Å². The molecule has 1 saturated carbocycles. The summed E-state index contributed by atoms with van der Waals surface area (Å²) >= 11 is 0. The van der Waals surface area contributed by atoms with E-state index in [1.165, 1.54) is 0 Å². The number of amides is 3. The van der Waals surface area contributed by atoms with Crippen molar-refractivity contribution >= 4 is 17.9 Å². The van der Waals surface area contributed by atoms with Crippen LogP contribution in [0.3, 0.4) is 0 Å². The Labute approximate surface area is 124 Å². The van der Waals surface area contributed by atoms with Gasteiger partial charge in [-0.2, -0.15) is 0 Å². The molecule has 0 bridgehead atoms. The molecule has 1 saturated heterocycles. The van der Waals surface area contributed by atoms with E-state index in [9.17, 15) is 14.4 Å². The molecule has 2 rings (SSSR count). The van der Waals surface area contributed by atoms with Crippen LogP contribution in [-0.4, -0.2) is 53.1 Å². The number of nitrogens with one attached hydrogen (secondary N) is 2. The van der Waals surface area contributed by atoms with Crippen LogP contribution in [0.25, 0.3) is 0 Å². The van der Waals surface area contributed by atoms with Crippen molar-refractivity contribution in [3.63, 3.8) is 0 Å². The van der Waals surface area contributed by atoms with Gasteiger partial charge >= 0.3 is 12.0 Å². The first-order valence-electron chi connectivity index (χ1n) is 7.56. The normalized spacial score (nSPS) is 19.7. The predicted molar refractivity (Wildman–Crippen MR) is 75.8 cm³/mol. The van der Waals surface area contributed by atoms with Gasteiger partial charge < -0.3 is 20.6 Å². The van der Waals surface area contributed by atoms with E-state index in [1.807, 2.05) is 4.90 Å². The fourth-order valence-electron chi connectivity index (χ4n) is 2.93. The second-order valence-electron chi connectivity index (χ2n) is 5.92. The van der Waals surface area contributed by atoms with Crippen molar-refractivity contribution in [3.05, 3.63) is 0 Å². The molecule has 1 heterocycles. The van der Waals surface area contributed by atoms with Gasteiger partial charge in [0.25, 0.3) is 0 Å². The number of likely N-dealkylation sites (tertiary alicyclic amines) is 1. The molecule has 3 N–H and O–H groups in total. The zero-order valence-corrected chi connectivity index (χ0v) is 12.2. The third kappa shape index (κ3) is 4.34. The third-order valence-electron chi connectivity index (χ3n) is 4.26. The molecule has 3 amide bonds. The molecule has 0 unspecified atom stereocenters. The number of carboxylic acids is 1. The number of rotatable bonds is 6. The average molecular weight is 297 g/mol. The lowest BCUT2D eigenvalue weighted by atomic mass is 9.74. The van der Waals surface area contributed by atoms with Crippen LogP contribution in [0.4, 0.5) is 4.79 Å². The molecule has 0 aromatic rings. The largest absolute Gasteiger partial charge is 0.481 e. The smallest absolute Gasteiger partial charge is 0.315 e. The quantitative estimate of drug-likeness (QED) is 0.672. The number of urea groups is 1. The summed E-state index contributed by atoms with van der Waals surface area (Å²) in [7, 11) is 0. The molecule has 1 aliphatic carbocycles. The molecule has 7 nitrogen and oxygen atoms in total. The monoisotopic (exact) mass is 297 g/mol. The average Bonchev–Trinajstić information content (AvgIpc) is 2.89. The Morgan fingerprint density at radius 3 is 2.29 bits per heavy atom. The summed E-state index contributed by atoms with van der Waals surface area (Å²) in [6, 6.07) is -0.384. The summed E-state index contributed by atoms with van der Waals surface area (Å²) in [5.41, 5.74) is -0.602. The van der Waals surface area contributed by atoms with Gasteiger partial charge in [0.1, 0.15) is 0 Å². The fraction of sp³-hybridized carbons (Fsp3) is 0.786. The summed E-state index contributed by atoms with van der Waals surface area (Å²) in [4.78, 5) is 36.2. The summed E-state index contributed by atoms with van der Waals surface area (Å²) in [5, 5.41) is 14.3. The van der Waals surface area contributed by atoms with Gasteiger partial charge in [-0.25, -0.2) is 4.79 Å². The van der Waals surface area contributed by atoms with Gasteiger partial charge in [0.05, 0.1) is 12.0 Å². The van der Waals surface area contributed by atoms with Gasteiger partial charge in [-0.05, 0) is 32.1 Å². The topological polar surface area (TPSA) is 98.7 Å². The molecule has 118 valence electrons. The maximum Gasteiger partial charge on any atom is 0.315 e. The molecule has 1 aliphatic heterocycles. The molecule has 0 radical (unpaired) electrons. The van der Waals surface area contributed by atoms with E-state index in [0.717, 1.165) is 32.4 Å². The molecule has 0 aromatic heterocycles. The van der Waals surface area contributed by atoms with E-state index in [-0.39, 0.29) is 24.9 Å². The first-order valence-corrected chi connectivity index (χ1v) is 7.56. The SMILES string of the molecule is O=C(O)CC1(NC(=O)NCCC(=O)N2CCCC2)CCC1. The number of carboxylic acid groups (broad SMARTS) is 1. The van der Waals surface area contributed by atoms with Crippen LogP contribution in [0.15, 0.2) is 0 Å². The highest BCUT2D eigenvalue weighted by atomic mass is 16.4. The van der Waals surface area contributed by atoms with Crippen molar-refractivity contribution in [3.8, 4) is 0 Å². The molecule has 2 aliphatic rings. The fourth-order valence-corrected chi connectivity index (χ4v) is 2.93. The highest BCUT2D eigenvalue weighted by molar-refractivity contribution is 5.79. The minimum atomic E-state index is -0.904. The van der Waals surface area contributed by atoms with Crippen molar-refractivity contribution in [1.29, 1.82) is 0 Å². The van der Waals surface area contributed by atoms with Gasteiger partial charge in [-0.1, -0.05) is 0 Å². The standard InChI is InChI=1S/C14H23N3O4/c18-11(17-8-1-2-9-17)4-7-15-13(21)16-14(5-3-6-14)10-12(19)20/h1-10H2,(H,19,20)(H2,15,16,21). The van der Waals surface area contributed by atoms with E-state index >= 15 is 0 Å². The Morgan fingerprint density at radius 2 is 1.76 bits per heavy atom. The summed E-state index contributed by atoms with van der Waals surface area (Å²) in [6.07, 6.45) is 4.67. The minimum absolute atomic E-state index is 0.0485. The lowest BCUT2D eigenvalue weighted by molar-refractivity contribution is -0.139. The van der Waals surface area contributed by atoms with Gasteiger partial charge in [0.2, 0.25) is 5.91 Å². The van der Waals surface area contributed by atoms with Crippen LogP contribution in [0, 0.1) is 0 Å². The van der Waals surface area contributed by atoms with Crippen molar-refractivity contribution < 1.29 is 19.5 Å². The third-order valence-corrected chi connectivity index (χ3v) is 4.26. The van der Waals surface area contributed by atoms with E-state index < -0.39 is 11.5 Å². The molecular weight excluding hydrogens is 274 g/mol. The molecule has 21 heavy (non-hydrogen) atoms. The number of carbonyl (C=O) groups excluding carboxylic acids is 2.